The maximum Gasteiger partial charge on any atom is 0.153 e. The van der Waals surface area contributed by atoms with Crippen LogP contribution in [0.4, 0.5) is 0 Å². The average Bonchev–Trinajstić information content (AvgIpc) is 2.23. The molecule has 1 unspecified atom stereocenters. The number of unbranched alkanes of at least 4 members (excludes halogenated alkanes) is 1. The Hall–Kier alpha value is -0.0900. The van der Waals surface area contributed by atoms with Crippen LogP contribution in [0.15, 0.2) is 0 Å². The summed E-state index contributed by atoms with van der Waals surface area (Å²) in [4.78, 5) is 0. The second-order valence-electron chi connectivity index (χ2n) is 3.67. The zero-order valence-corrected chi connectivity index (χ0v) is 8.23. The summed E-state index contributed by atoms with van der Waals surface area (Å²) in [6.07, 6.45) is 2.96. The molecule has 1 fully saturated rings. The molecule has 0 aliphatic carbocycles. The van der Waals surface area contributed by atoms with E-state index >= 15 is 0 Å². The molecule has 0 aromatic heterocycles. The van der Waals surface area contributed by atoms with Crippen LogP contribution in [0.5, 0.6) is 0 Å². The molecule has 1 heterocycles. The van der Waals surface area contributed by atoms with Gasteiger partial charge in [0.15, 0.2) is 9.84 Å². The van der Waals surface area contributed by atoms with Crippen LogP contribution in [-0.4, -0.2) is 30.6 Å². The molecule has 4 heteroatoms. The summed E-state index contributed by atoms with van der Waals surface area (Å²) in [5, 5.41) is 9.78. The molecular weight excluding hydrogens is 176 g/mol. The molecule has 3 nitrogen and oxygen atoms in total. The fraction of sp³-hybridized carbons (Fsp3) is 1.00. The summed E-state index contributed by atoms with van der Waals surface area (Å²) in [6, 6.07) is 0. The van der Waals surface area contributed by atoms with Crippen LogP contribution in [-0.2, 0) is 9.84 Å². The molecule has 1 atom stereocenters. The first-order valence-electron chi connectivity index (χ1n) is 4.40. The lowest BCUT2D eigenvalue weighted by atomic mass is 9.97. The molecule has 0 amide bonds. The van der Waals surface area contributed by atoms with Crippen molar-refractivity contribution in [3.8, 4) is 0 Å². The first-order valence-corrected chi connectivity index (χ1v) is 6.22. The number of aliphatic hydroxyl groups is 1. The van der Waals surface area contributed by atoms with E-state index in [9.17, 15) is 13.5 Å². The fourth-order valence-corrected chi connectivity index (χ4v) is 3.54. The minimum atomic E-state index is -2.93. The van der Waals surface area contributed by atoms with Gasteiger partial charge in [0.05, 0.1) is 17.1 Å². The predicted octanol–water partition coefficient (Wildman–Crippen LogP) is 0.726. The maximum atomic E-state index is 11.0. The standard InChI is InChI=1S/C8H16O3S/c1-2-3-4-8(9)5-6-12(10,11)7-8/h9H,2-7H2,1H3. The second kappa shape index (κ2) is 3.34. The third-order valence-electron chi connectivity index (χ3n) is 2.36. The zero-order valence-electron chi connectivity index (χ0n) is 7.41. The van der Waals surface area contributed by atoms with Crippen molar-refractivity contribution in [1.82, 2.24) is 0 Å². The van der Waals surface area contributed by atoms with Gasteiger partial charge >= 0.3 is 0 Å². The van der Waals surface area contributed by atoms with Crippen LogP contribution in [0.1, 0.15) is 32.6 Å². The van der Waals surface area contributed by atoms with Crippen molar-refractivity contribution in [3.05, 3.63) is 0 Å². The van der Waals surface area contributed by atoms with E-state index in [1.54, 1.807) is 0 Å². The van der Waals surface area contributed by atoms with Gasteiger partial charge in [0, 0.05) is 0 Å². The topological polar surface area (TPSA) is 54.4 Å². The Labute approximate surface area is 73.7 Å². The quantitative estimate of drug-likeness (QED) is 0.717. The molecule has 0 aromatic carbocycles. The number of rotatable bonds is 3. The zero-order chi connectivity index (χ0) is 9.24. The van der Waals surface area contributed by atoms with E-state index < -0.39 is 15.4 Å². The number of sulfone groups is 1. The predicted molar refractivity (Wildman–Crippen MR) is 47.7 cm³/mol. The van der Waals surface area contributed by atoms with E-state index in [0.717, 1.165) is 12.8 Å². The minimum Gasteiger partial charge on any atom is -0.389 e. The summed E-state index contributed by atoms with van der Waals surface area (Å²) >= 11 is 0. The van der Waals surface area contributed by atoms with Gasteiger partial charge in [-0.15, -0.1) is 0 Å². The Kier molecular flexibility index (Phi) is 2.78. The van der Waals surface area contributed by atoms with Crippen molar-refractivity contribution in [2.75, 3.05) is 11.5 Å². The van der Waals surface area contributed by atoms with Gasteiger partial charge in [0.1, 0.15) is 0 Å². The smallest absolute Gasteiger partial charge is 0.153 e. The highest BCUT2D eigenvalue weighted by Crippen LogP contribution is 2.28. The van der Waals surface area contributed by atoms with Crippen molar-refractivity contribution >= 4 is 9.84 Å². The Morgan fingerprint density at radius 1 is 1.50 bits per heavy atom. The minimum absolute atomic E-state index is 0.0278. The molecule has 0 bridgehead atoms. The summed E-state index contributed by atoms with van der Waals surface area (Å²) in [7, 11) is -2.93. The van der Waals surface area contributed by atoms with E-state index in [1.165, 1.54) is 0 Å². The molecule has 1 rings (SSSR count). The highest BCUT2D eigenvalue weighted by molar-refractivity contribution is 7.91. The van der Waals surface area contributed by atoms with Gasteiger partial charge in [0.25, 0.3) is 0 Å². The van der Waals surface area contributed by atoms with Crippen LogP contribution < -0.4 is 0 Å². The van der Waals surface area contributed by atoms with Gasteiger partial charge in [0.2, 0.25) is 0 Å². The third kappa shape index (κ3) is 2.45. The first kappa shape index (κ1) is 9.99. The van der Waals surface area contributed by atoms with Crippen LogP contribution >= 0.6 is 0 Å². The normalized spacial score (nSPS) is 33.8. The molecule has 1 aliphatic rings. The highest BCUT2D eigenvalue weighted by atomic mass is 32.2. The first-order chi connectivity index (χ1) is 5.47. The largest absolute Gasteiger partial charge is 0.389 e. The van der Waals surface area contributed by atoms with Crippen molar-refractivity contribution < 1.29 is 13.5 Å². The van der Waals surface area contributed by atoms with Crippen LogP contribution in [0.2, 0.25) is 0 Å². The van der Waals surface area contributed by atoms with Gasteiger partial charge in [-0.2, -0.15) is 0 Å². The SMILES string of the molecule is CCCCC1(O)CCS(=O)(=O)C1. The maximum absolute atomic E-state index is 11.0. The van der Waals surface area contributed by atoms with E-state index in [4.69, 9.17) is 0 Å². The Bertz CT molecular complexity index is 245. The van der Waals surface area contributed by atoms with Gasteiger partial charge in [-0.1, -0.05) is 19.8 Å². The van der Waals surface area contributed by atoms with E-state index in [2.05, 4.69) is 0 Å². The van der Waals surface area contributed by atoms with Gasteiger partial charge in [-0.3, -0.25) is 0 Å². The van der Waals surface area contributed by atoms with E-state index in [1.807, 2.05) is 6.92 Å². The summed E-state index contributed by atoms with van der Waals surface area (Å²) in [6.45, 7) is 2.03. The summed E-state index contributed by atoms with van der Waals surface area (Å²) < 4.78 is 22.1. The molecule has 1 aliphatic heterocycles. The molecule has 0 spiro atoms. The molecule has 72 valence electrons. The van der Waals surface area contributed by atoms with Crippen molar-refractivity contribution in [3.63, 3.8) is 0 Å². The van der Waals surface area contributed by atoms with Gasteiger partial charge in [-0.05, 0) is 12.8 Å². The lowest BCUT2D eigenvalue weighted by Crippen LogP contribution is -2.29. The van der Waals surface area contributed by atoms with Crippen LogP contribution in [0.3, 0.4) is 0 Å². The number of hydrogen-bond donors (Lipinski definition) is 1. The van der Waals surface area contributed by atoms with Crippen molar-refractivity contribution in [2.45, 2.75) is 38.2 Å². The molecule has 0 saturated carbocycles. The fourth-order valence-electron chi connectivity index (χ4n) is 1.60. The highest BCUT2D eigenvalue weighted by Gasteiger charge is 2.39. The van der Waals surface area contributed by atoms with E-state index in [-0.39, 0.29) is 11.5 Å². The lowest BCUT2D eigenvalue weighted by molar-refractivity contribution is 0.0562. The van der Waals surface area contributed by atoms with Crippen LogP contribution in [0, 0.1) is 0 Å². The van der Waals surface area contributed by atoms with Crippen LogP contribution in [0.25, 0.3) is 0 Å². The molecule has 12 heavy (non-hydrogen) atoms. The average molecular weight is 192 g/mol. The molecular formula is C8H16O3S. The van der Waals surface area contributed by atoms with Gasteiger partial charge in [-0.25, -0.2) is 8.42 Å². The summed E-state index contributed by atoms with van der Waals surface area (Å²) in [5.41, 5.74) is -0.908. The lowest BCUT2D eigenvalue weighted by Gasteiger charge is -2.19. The molecule has 0 radical (unpaired) electrons. The second-order valence-corrected chi connectivity index (χ2v) is 5.85. The van der Waals surface area contributed by atoms with Gasteiger partial charge < -0.3 is 5.11 Å². The van der Waals surface area contributed by atoms with Crippen molar-refractivity contribution in [1.29, 1.82) is 0 Å². The third-order valence-corrected chi connectivity index (χ3v) is 4.17. The number of hydrogen-bond acceptors (Lipinski definition) is 3. The molecule has 1 saturated heterocycles. The molecule has 0 aromatic rings. The molecule has 1 N–H and O–H groups in total. The van der Waals surface area contributed by atoms with E-state index in [0.29, 0.717) is 12.8 Å². The summed E-state index contributed by atoms with van der Waals surface area (Å²) in [5.74, 6) is 0.132. The Morgan fingerprint density at radius 2 is 2.17 bits per heavy atom. The Balaban J connectivity index is 2.53. The Morgan fingerprint density at radius 3 is 2.58 bits per heavy atom. The van der Waals surface area contributed by atoms with Crippen molar-refractivity contribution in [2.24, 2.45) is 0 Å². The monoisotopic (exact) mass is 192 g/mol.